The Labute approximate surface area is 168 Å². The van der Waals surface area contributed by atoms with Crippen molar-refractivity contribution in [1.29, 1.82) is 0 Å². The Bertz CT molecular complexity index is 852. The number of carbonyl (C=O) groups excluding carboxylic acids is 1. The van der Waals surface area contributed by atoms with Gasteiger partial charge in [0, 0.05) is 17.4 Å². The molecule has 0 aliphatic rings. The number of hydrogen-bond acceptors (Lipinski definition) is 4. The van der Waals surface area contributed by atoms with E-state index in [1.807, 2.05) is 38.1 Å². The lowest BCUT2D eigenvalue weighted by atomic mass is 10.1. The topological polar surface area (TPSA) is 84.5 Å². The fourth-order valence-corrected chi connectivity index (χ4v) is 3.71. The number of halogens is 1. The molecule has 146 valence electrons. The van der Waals surface area contributed by atoms with Crippen LogP contribution in [0.25, 0.3) is 0 Å². The highest BCUT2D eigenvalue weighted by Crippen LogP contribution is 2.17. The highest BCUT2D eigenvalue weighted by Gasteiger charge is 2.15. The molecule has 0 radical (unpaired) electrons. The Morgan fingerprint density at radius 2 is 1.74 bits per heavy atom. The summed E-state index contributed by atoms with van der Waals surface area (Å²) < 4.78 is 33.2. The van der Waals surface area contributed by atoms with Crippen molar-refractivity contribution >= 4 is 31.9 Å². The molecule has 2 aromatic carbocycles. The lowest BCUT2D eigenvalue weighted by molar-refractivity contribution is -0.121. The minimum Gasteiger partial charge on any atom is -0.494 e. The van der Waals surface area contributed by atoms with Crippen LogP contribution in [0.1, 0.15) is 31.9 Å². The van der Waals surface area contributed by atoms with E-state index >= 15 is 0 Å². The zero-order valence-electron chi connectivity index (χ0n) is 15.2. The summed E-state index contributed by atoms with van der Waals surface area (Å²) in [6, 6.07) is 13.6. The van der Waals surface area contributed by atoms with Gasteiger partial charge in [0.2, 0.25) is 15.9 Å². The van der Waals surface area contributed by atoms with Crippen LogP contribution in [0, 0.1) is 0 Å². The molecular formula is C19H23BrN2O4S. The van der Waals surface area contributed by atoms with E-state index in [9.17, 15) is 13.2 Å². The van der Waals surface area contributed by atoms with Gasteiger partial charge in [-0.15, -0.1) is 0 Å². The van der Waals surface area contributed by atoms with Gasteiger partial charge >= 0.3 is 0 Å². The van der Waals surface area contributed by atoms with Crippen LogP contribution < -0.4 is 14.8 Å². The van der Waals surface area contributed by atoms with E-state index in [0.29, 0.717) is 12.4 Å². The average molecular weight is 455 g/mol. The zero-order chi connectivity index (χ0) is 19.9. The molecule has 27 heavy (non-hydrogen) atoms. The molecule has 0 spiro atoms. The minimum absolute atomic E-state index is 0.0223. The van der Waals surface area contributed by atoms with Gasteiger partial charge in [-0.05, 0) is 55.8 Å². The fraction of sp³-hybridized carbons (Fsp3) is 0.316. The summed E-state index contributed by atoms with van der Waals surface area (Å²) in [5.41, 5.74) is 0.974. The molecule has 1 atom stereocenters. The monoisotopic (exact) mass is 454 g/mol. The lowest BCUT2D eigenvalue weighted by Gasteiger charge is -2.14. The van der Waals surface area contributed by atoms with E-state index in [0.717, 1.165) is 10.0 Å². The highest BCUT2D eigenvalue weighted by molar-refractivity contribution is 9.10. The Hall–Kier alpha value is -1.90. The first-order chi connectivity index (χ1) is 12.8. The number of amides is 1. The molecule has 0 aromatic heterocycles. The predicted octanol–water partition coefficient (Wildman–Crippen LogP) is 3.39. The number of carbonyl (C=O) groups is 1. The van der Waals surface area contributed by atoms with Crippen molar-refractivity contribution in [2.24, 2.45) is 0 Å². The van der Waals surface area contributed by atoms with Gasteiger partial charge in [-0.2, -0.15) is 0 Å². The second-order valence-corrected chi connectivity index (χ2v) is 8.58. The van der Waals surface area contributed by atoms with Crippen molar-refractivity contribution in [2.75, 3.05) is 13.2 Å². The summed E-state index contributed by atoms with van der Waals surface area (Å²) in [5, 5.41) is 2.86. The van der Waals surface area contributed by atoms with Gasteiger partial charge in [-0.25, -0.2) is 13.1 Å². The zero-order valence-corrected chi connectivity index (χ0v) is 17.6. The number of benzene rings is 2. The van der Waals surface area contributed by atoms with E-state index < -0.39 is 10.0 Å². The Kier molecular flexibility index (Phi) is 7.82. The third kappa shape index (κ3) is 6.64. The van der Waals surface area contributed by atoms with Crippen LogP contribution in [-0.2, 0) is 14.8 Å². The van der Waals surface area contributed by atoms with E-state index in [2.05, 4.69) is 26.0 Å². The van der Waals surface area contributed by atoms with Gasteiger partial charge < -0.3 is 10.1 Å². The van der Waals surface area contributed by atoms with Gasteiger partial charge in [0.05, 0.1) is 17.5 Å². The molecule has 0 saturated heterocycles. The number of nitrogens with one attached hydrogen (secondary N) is 2. The molecule has 2 aromatic rings. The summed E-state index contributed by atoms with van der Waals surface area (Å²) in [5.74, 6) is 0.387. The molecule has 1 amide bonds. The molecule has 2 N–H and O–H groups in total. The van der Waals surface area contributed by atoms with Crippen molar-refractivity contribution in [2.45, 2.75) is 31.2 Å². The Morgan fingerprint density at radius 3 is 2.33 bits per heavy atom. The molecule has 8 heteroatoms. The third-order valence-electron chi connectivity index (χ3n) is 3.84. The van der Waals surface area contributed by atoms with Crippen molar-refractivity contribution in [3.8, 4) is 5.75 Å². The minimum atomic E-state index is -3.66. The number of sulfonamides is 1. The van der Waals surface area contributed by atoms with Gasteiger partial charge in [-0.3, -0.25) is 4.79 Å². The van der Waals surface area contributed by atoms with Crippen LogP contribution in [0.3, 0.4) is 0 Å². The lowest BCUT2D eigenvalue weighted by Crippen LogP contribution is -2.32. The van der Waals surface area contributed by atoms with Crippen molar-refractivity contribution in [3.63, 3.8) is 0 Å². The molecule has 0 aliphatic heterocycles. The SMILES string of the molecule is CCOc1ccc(S(=O)(=O)NCCC(=O)N[C@H](C)c2ccc(Br)cc2)cc1. The predicted molar refractivity (Wildman–Crippen MR) is 108 cm³/mol. The average Bonchev–Trinajstić information content (AvgIpc) is 2.63. The quantitative estimate of drug-likeness (QED) is 0.607. The molecule has 2 rings (SSSR count). The van der Waals surface area contributed by atoms with Crippen molar-refractivity contribution in [3.05, 3.63) is 58.6 Å². The van der Waals surface area contributed by atoms with E-state index in [4.69, 9.17) is 4.74 Å². The normalized spacial score (nSPS) is 12.4. The van der Waals surface area contributed by atoms with Gasteiger partial charge in [0.15, 0.2) is 0 Å². The van der Waals surface area contributed by atoms with Crippen LogP contribution >= 0.6 is 15.9 Å². The summed E-state index contributed by atoms with van der Waals surface area (Å²) in [4.78, 5) is 12.2. The van der Waals surface area contributed by atoms with Crippen LogP contribution in [0.2, 0.25) is 0 Å². The first-order valence-electron chi connectivity index (χ1n) is 8.59. The van der Waals surface area contributed by atoms with Crippen molar-refractivity contribution < 1.29 is 17.9 Å². The smallest absolute Gasteiger partial charge is 0.240 e. The number of rotatable bonds is 9. The summed E-state index contributed by atoms with van der Waals surface area (Å²) in [6.45, 7) is 4.27. The van der Waals surface area contributed by atoms with Crippen LogP contribution in [-0.4, -0.2) is 27.5 Å². The molecule has 0 saturated carbocycles. The van der Waals surface area contributed by atoms with E-state index in [1.54, 1.807) is 12.1 Å². The Morgan fingerprint density at radius 1 is 1.11 bits per heavy atom. The summed E-state index contributed by atoms with van der Waals surface area (Å²) in [6.07, 6.45) is 0.0527. The van der Waals surface area contributed by atoms with Gasteiger partial charge in [0.1, 0.15) is 5.75 Å². The molecule has 0 bridgehead atoms. The Balaban J connectivity index is 1.83. The second-order valence-electron chi connectivity index (χ2n) is 5.89. The van der Waals surface area contributed by atoms with Crippen LogP contribution in [0.5, 0.6) is 5.75 Å². The summed E-state index contributed by atoms with van der Waals surface area (Å²) >= 11 is 3.37. The first-order valence-corrected chi connectivity index (χ1v) is 10.9. The first kappa shape index (κ1) is 21.4. The van der Waals surface area contributed by atoms with Crippen LogP contribution in [0.15, 0.2) is 57.9 Å². The maximum atomic E-state index is 12.3. The van der Waals surface area contributed by atoms with Gasteiger partial charge in [-0.1, -0.05) is 28.1 Å². The van der Waals surface area contributed by atoms with E-state index in [-0.39, 0.29) is 29.8 Å². The number of ether oxygens (including phenoxy) is 1. The molecule has 0 heterocycles. The second kappa shape index (κ2) is 9.87. The summed E-state index contributed by atoms with van der Waals surface area (Å²) in [7, 11) is -3.66. The van der Waals surface area contributed by atoms with Gasteiger partial charge in [0.25, 0.3) is 0 Å². The molecular weight excluding hydrogens is 432 g/mol. The highest BCUT2D eigenvalue weighted by atomic mass is 79.9. The molecule has 0 fully saturated rings. The number of hydrogen-bond donors (Lipinski definition) is 2. The maximum Gasteiger partial charge on any atom is 0.240 e. The molecule has 6 nitrogen and oxygen atoms in total. The third-order valence-corrected chi connectivity index (χ3v) is 5.84. The van der Waals surface area contributed by atoms with E-state index in [1.165, 1.54) is 12.1 Å². The standard InChI is InChI=1S/C19H23BrN2O4S/c1-3-26-17-8-10-18(11-9-17)27(24,25)21-13-12-19(23)22-14(2)15-4-6-16(20)7-5-15/h4-11,14,21H,3,12-13H2,1-2H3,(H,22,23)/t14-/m1/s1. The van der Waals surface area contributed by atoms with Crippen molar-refractivity contribution in [1.82, 2.24) is 10.0 Å². The fourth-order valence-electron chi connectivity index (χ4n) is 2.41. The largest absolute Gasteiger partial charge is 0.494 e. The van der Waals surface area contributed by atoms with Crippen LogP contribution in [0.4, 0.5) is 0 Å². The molecule has 0 unspecified atom stereocenters. The molecule has 0 aliphatic carbocycles. The maximum absolute atomic E-state index is 12.3.